The summed E-state index contributed by atoms with van der Waals surface area (Å²) in [4.78, 5) is 19.6. The summed E-state index contributed by atoms with van der Waals surface area (Å²) in [6, 6.07) is 11.5. The van der Waals surface area contributed by atoms with Crippen LogP contribution < -0.4 is 4.74 Å². The largest absolute Gasteiger partial charge is 0.496 e. The maximum atomic E-state index is 13.2. The molecule has 1 saturated heterocycles. The third kappa shape index (κ3) is 3.73. The third-order valence-electron chi connectivity index (χ3n) is 5.30. The first-order valence-corrected chi connectivity index (χ1v) is 9.25. The number of benzene rings is 2. The van der Waals surface area contributed by atoms with E-state index in [4.69, 9.17) is 9.57 Å². The summed E-state index contributed by atoms with van der Waals surface area (Å²) in [7, 11) is 3.03. The number of likely N-dealkylation sites (tertiary alicyclic amines) is 1. The second kappa shape index (κ2) is 8.44. The van der Waals surface area contributed by atoms with Crippen molar-refractivity contribution in [2.24, 2.45) is 5.16 Å². The van der Waals surface area contributed by atoms with Gasteiger partial charge in [-0.3, -0.25) is 4.79 Å². The molecule has 6 nitrogen and oxygen atoms in total. The summed E-state index contributed by atoms with van der Waals surface area (Å²) in [5, 5.41) is 13.6. The maximum Gasteiger partial charge on any atom is 0.258 e. The molecule has 3 rings (SSSR count). The first kappa shape index (κ1) is 19.9. The molecular formula is C22H26N2O4. The molecule has 28 heavy (non-hydrogen) atoms. The zero-order valence-electron chi connectivity index (χ0n) is 16.7. The Kier molecular flexibility index (Phi) is 5.99. The van der Waals surface area contributed by atoms with Crippen LogP contribution in [0.25, 0.3) is 11.1 Å². The first-order chi connectivity index (χ1) is 13.5. The Morgan fingerprint density at radius 3 is 2.71 bits per heavy atom. The van der Waals surface area contributed by atoms with Gasteiger partial charge >= 0.3 is 0 Å². The second-order valence-corrected chi connectivity index (χ2v) is 6.98. The minimum atomic E-state index is -0.315. The normalized spacial score (nSPS) is 17.8. The molecule has 1 N–H and O–H groups in total. The van der Waals surface area contributed by atoms with Gasteiger partial charge in [-0.05, 0) is 48.2 Å². The minimum Gasteiger partial charge on any atom is -0.496 e. The number of ether oxygens (including phenoxy) is 1. The highest BCUT2D eigenvalue weighted by Crippen LogP contribution is 2.32. The molecule has 148 valence electrons. The molecule has 1 amide bonds. The van der Waals surface area contributed by atoms with Crippen molar-refractivity contribution >= 4 is 11.6 Å². The summed E-state index contributed by atoms with van der Waals surface area (Å²) in [6.45, 7) is 4.37. The van der Waals surface area contributed by atoms with Crippen LogP contribution in [0.5, 0.6) is 5.75 Å². The zero-order chi connectivity index (χ0) is 20.3. The number of amides is 1. The van der Waals surface area contributed by atoms with Crippen molar-refractivity contribution in [2.75, 3.05) is 27.4 Å². The van der Waals surface area contributed by atoms with Gasteiger partial charge in [-0.2, -0.15) is 0 Å². The van der Waals surface area contributed by atoms with Crippen LogP contribution in [0.1, 0.15) is 27.9 Å². The van der Waals surface area contributed by atoms with Crippen molar-refractivity contribution < 1.29 is 19.5 Å². The fourth-order valence-corrected chi connectivity index (χ4v) is 3.62. The van der Waals surface area contributed by atoms with Crippen LogP contribution in [0.4, 0.5) is 0 Å². The Morgan fingerprint density at radius 2 is 2.04 bits per heavy atom. The van der Waals surface area contributed by atoms with Gasteiger partial charge in [0.15, 0.2) is 0 Å². The second-order valence-electron chi connectivity index (χ2n) is 6.98. The number of carbonyl (C=O) groups excluding carboxylic acids is 1. The van der Waals surface area contributed by atoms with Crippen molar-refractivity contribution in [3.05, 3.63) is 53.1 Å². The Hall–Kier alpha value is -2.86. The smallest absolute Gasteiger partial charge is 0.258 e. The predicted molar refractivity (Wildman–Crippen MR) is 109 cm³/mol. The van der Waals surface area contributed by atoms with E-state index in [1.165, 1.54) is 18.2 Å². The lowest BCUT2D eigenvalue weighted by Crippen LogP contribution is -2.38. The van der Waals surface area contributed by atoms with Crippen LogP contribution in [0, 0.1) is 13.8 Å². The van der Waals surface area contributed by atoms with E-state index in [1.807, 2.05) is 18.2 Å². The number of oxime groups is 1. The van der Waals surface area contributed by atoms with Crippen LogP contribution >= 0.6 is 0 Å². The van der Waals surface area contributed by atoms with Gasteiger partial charge in [0.25, 0.3) is 5.91 Å². The predicted octanol–water partition coefficient (Wildman–Crippen LogP) is 3.19. The number of methoxy groups -OCH3 is 1. The molecule has 1 unspecified atom stereocenters. The highest BCUT2D eigenvalue weighted by molar-refractivity contribution is 6.02. The quantitative estimate of drug-likeness (QED) is 0.806. The summed E-state index contributed by atoms with van der Waals surface area (Å²) >= 11 is 0. The van der Waals surface area contributed by atoms with E-state index < -0.39 is 0 Å². The van der Waals surface area contributed by atoms with Crippen LogP contribution in [-0.4, -0.2) is 55.0 Å². The number of rotatable bonds is 5. The molecular weight excluding hydrogens is 356 g/mol. The van der Waals surface area contributed by atoms with E-state index >= 15 is 0 Å². The molecule has 0 aromatic heterocycles. The molecule has 1 atom stereocenters. The van der Waals surface area contributed by atoms with E-state index in [9.17, 15) is 9.90 Å². The molecule has 1 aliphatic heterocycles. The number of aliphatic hydroxyl groups is 1. The van der Waals surface area contributed by atoms with Crippen molar-refractivity contribution in [2.45, 2.75) is 26.3 Å². The molecule has 2 aromatic carbocycles. The fourth-order valence-electron chi connectivity index (χ4n) is 3.62. The Labute approximate surface area is 165 Å². The Morgan fingerprint density at radius 1 is 1.25 bits per heavy atom. The van der Waals surface area contributed by atoms with E-state index in [-0.39, 0.29) is 18.6 Å². The molecule has 1 heterocycles. The molecule has 2 aromatic rings. The topological polar surface area (TPSA) is 71.4 Å². The molecule has 1 fully saturated rings. The first-order valence-electron chi connectivity index (χ1n) is 9.25. The monoisotopic (exact) mass is 382 g/mol. The number of hydrogen-bond acceptors (Lipinski definition) is 5. The number of carbonyl (C=O) groups is 1. The van der Waals surface area contributed by atoms with Crippen LogP contribution in [0.3, 0.4) is 0 Å². The van der Waals surface area contributed by atoms with Crippen LogP contribution in [0.2, 0.25) is 0 Å². The van der Waals surface area contributed by atoms with E-state index in [1.54, 1.807) is 18.1 Å². The van der Waals surface area contributed by atoms with Crippen molar-refractivity contribution in [3.63, 3.8) is 0 Å². The zero-order valence-corrected chi connectivity index (χ0v) is 16.7. The van der Waals surface area contributed by atoms with E-state index in [0.717, 1.165) is 16.8 Å². The molecule has 0 saturated carbocycles. The highest BCUT2D eigenvalue weighted by Gasteiger charge is 2.34. The molecule has 0 radical (unpaired) electrons. The molecule has 6 heteroatoms. The van der Waals surface area contributed by atoms with Crippen molar-refractivity contribution in [3.8, 4) is 16.9 Å². The van der Waals surface area contributed by atoms with Gasteiger partial charge in [0.05, 0.1) is 37.6 Å². The van der Waals surface area contributed by atoms with Gasteiger partial charge in [0, 0.05) is 6.42 Å². The Balaban J connectivity index is 1.95. The van der Waals surface area contributed by atoms with Crippen LogP contribution in [0.15, 0.2) is 41.6 Å². The van der Waals surface area contributed by atoms with Gasteiger partial charge in [-0.15, -0.1) is 0 Å². The lowest BCUT2D eigenvalue weighted by Gasteiger charge is -2.23. The highest BCUT2D eigenvalue weighted by atomic mass is 16.6. The van der Waals surface area contributed by atoms with Gasteiger partial charge in [0.2, 0.25) is 0 Å². The third-order valence-corrected chi connectivity index (χ3v) is 5.30. The lowest BCUT2D eigenvalue weighted by atomic mass is 9.96. The number of nitrogens with zero attached hydrogens (tertiary/aromatic N) is 2. The molecule has 0 spiro atoms. The average Bonchev–Trinajstić information content (AvgIpc) is 3.12. The van der Waals surface area contributed by atoms with Gasteiger partial charge in [-0.25, -0.2) is 0 Å². The molecule has 0 aliphatic carbocycles. The van der Waals surface area contributed by atoms with Gasteiger partial charge in [-0.1, -0.05) is 29.4 Å². The van der Waals surface area contributed by atoms with Crippen molar-refractivity contribution in [1.82, 2.24) is 4.90 Å². The molecule has 0 bridgehead atoms. The lowest BCUT2D eigenvalue weighted by molar-refractivity contribution is 0.0677. The summed E-state index contributed by atoms with van der Waals surface area (Å²) < 4.78 is 5.54. The summed E-state index contributed by atoms with van der Waals surface area (Å²) in [6.07, 6.45) is 0.499. The van der Waals surface area contributed by atoms with Gasteiger partial charge < -0.3 is 19.6 Å². The fraction of sp³-hybridized carbons (Fsp3) is 0.364. The molecule has 1 aliphatic rings. The average molecular weight is 382 g/mol. The SMILES string of the molecule is CO/N=C1\CC(CO)N(C(=O)c2ccc(-c3cccc(C)c3C)cc2OC)C1. The van der Waals surface area contributed by atoms with E-state index in [0.29, 0.717) is 24.3 Å². The number of aliphatic hydroxyl groups excluding tert-OH is 1. The Bertz CT molecular complexity index is 907. The van der Waals surface area contributed by atoms with E-state index in [2.05, 4.69) is 31.1 Å². The van der Waals surface area contributed by atoms with Crippen molar-refractivity contribution in [1.29, 1.82) is 0 Å². The summed E-state index contributed by atoms with van der Waals surface area (Å²) in [5.74, 6) is 0.321. The summed E-state index contributed by atoms with van der Waals surface area (Å²) in [5.41, 5.74) is 5.72. The minimum absolute atomic E-state index is 0.128. The standard InChI is InChI=1S/C22H26N2O4/c1-14-6-5-7-19(15(14)2)16-8-9-20(21(10-16)27-3)22(26)24-12-17(23-28-4)11-18(24)13-25/h5-10,18,25H,11-13H2,1-4H3/b23-17+. The van der Waals surface area contributed by atoms with Crippen LogP contribution in [-0.2, 0) is 4.84 Å². The maximum absolute atomic E-state index is 13.2. The number of aryl methyl sites for hydroxylation is 1. The van der Waals surface area contributed by atoms with Gasteiger partial charge in [0.1, 0.15) is 12.9 Å². The number of hydrogen-bond donors (Lipinski definition) is 1.